The standard InChI is InChI=1S/C32H45ClN2O2S/c1-3-4-5-6-7-8-9-10-11-12-13-14-20-37-31-22-28(33)18-19-30(31)32(36)34-29-17-15-16-27(21-29)24-35-23-26(2)38-25-35/h15-19,21-23H,3-14,20,24-25H2,1-2H3,(H,34,36). The van der Waals surface area contributed by atoms with E-state index in [2.05, 4.69) is 36.3 Å². The number of allylic oxidation sites excluding steroid dienone is 1. The second kappa shape index (κ2) is 17.5. The summed E-state index contributed by atoms with van der Waals surface area (Å²) in [5.74, 6) is 1.33. The Morgan fingerprint density at radius 2 is 1.63 bits per heavy atom. The van der Waals surface area contributed by atoms with Gasteiger partial charge in [-0.2, -0.15) is 0 Å². The summed E-state index contributed by atoms with van der Waals surface area (Å²) in [6.07, 6.45) is 17.8. The number of ether oxygens (including phenoxy) is 1. The van der Waals surface area contributed by atoms with Crippen molar-refractivity contribution in [2.45, 2.75) is 97.4 Å². The molecule has 0 aliphatic carbocycles. The van der Waals surface area contributed by atoms with Crippen LogP contribution in [0.1, 0.15) is 107 Å². The average Bonchev–Trinajstić information content (AvgIpc) is 3.31. The molecule has 0 fully saturated rings. The number of hydrogen-bond acceptors (Lipinski definition) is 4. The van der Waals surface area contributed by atoms with Crippen LogP contribution >= 0.6 is 23.4 Å². The van der Waals surface area contributed by atoms with Crippen molar-refractivity contribution in [2.75, 3.05) is 17.8 Å². The molecule has 1 aliphatic rings. The van der Waals surface area contributed by atoms with Crippen LogP contribution in [-0.2, 0) is 6.54 Å². The number of rotatable bonds is 18. The van der Waals surface area contributed by atoms with Gasteiger partial charge in [-0.3, -0.25) is 4.79 Å². The number of anilines is 1. The van der Waals surface area contributed by atoms with E-state index in [1.54, 1.807) is 18.2 Å². The largest absolute Gasteiger partial charge is 0.493 e. The van der Waals surface area contributed by atoms with E-state index in [-0.39, 0.29) is 5.91 Å². The molecule has 2 aromatic rings. The quantitative estimate of drug-likeness (QED) is 0.185. The number of hydrogen-bond donors (Lipinski definition) is 1. The fraction of sp³-hybridized carbons (Fsp3) is 0.531. The zero-order chi connectivity index (χ0) is 27.0. The van der Waals surface area contributed by atoms with E-state index in [0.717, 1.165) is 36.5 Å². The maximum Gasteiger partial charge on any atom is 0.259 e. The van der Waals surface area contributed by atoms with Gasteiger partial charge in [0.15, 0.2) is 0 Å². The van der Waals surface area contributed by atoms with E-state index in [9.17, 15) is 4.79 Å². The number of benzene rings is 2. The van der Waals surface area contributed by atoms with Crippen molar-refractivity contribution >= 4 is 35.0 Å². The normalized spacial score (nSPS) is 13.0. The number of halogens is 1. The van der Waals surface area contributed by atoms with Crippen molar-refractivity contribution in [1.29, 1.82) is 0 Å². The van der Waals surface area contributed by atoms with Crippen LogP contribution in [-0.4, -0.2) is 23.3 Å². The van der Waals surface area contributed by atoms with Gasteiger partial charge in [0.2, 0.25) is 0 Å². The van der Waals surface area contributed by atoms with E-state index in [1.807, 2.05) is 30.0 Å². The Labute approximate surface area is 239 Å². The molecule has 1 aliphatic heterocycles. The highest BCUT2D eigenvalue weighted by Crippen LogP contribution is 2.27. The molecular formula is C32H45ClN2O2S. The second-order valence-electron chi connectivity index (χ2n) is 10.3. The summed E-state index contributed by atoms with van der Waals surface area (Å²) in [4.78, 5) is 16.7. The molecule has 208 valence electrons. The Morgan fingerprint density at radius 3 is 2.29 bits per heavy atom. The molecule has 38 heavy (non-hydrogen) atoms. The third kappa shape index (κ3) is 11.3. The monoisotopic (exact) mass is 556 g/mol. The minimum atomic E-state index is -0.184. The van der Waals surface area contributed by atoms with Gasteiger partial charge in [0.1, 0.15) is 5.75 Å². The topological polar surface area (TPSA) is 41.6 Å². The fourth-order valence-electron chi connectivity index (χ4n) is 4.72. The maximum absolute atomic E-state index is 13.1. The smallest absolute Gasteiger partial charge is 0.259 e. The Kier molecular flexibility index (Phi) is 14.0. The molecule has 0 aromatic heterocycles. The van der Waals surface area contributed by atoms with E-state index >= 15 is 0 Å². The summed E-state index contributed by atoms with van der Waals surface area (Å²) in [7, 11) is 0. The van der Waals surface area contributed by atoms with Gasteiger partial charge in [-0.1, -0.05) is 101 Å². The van der Waals surface area contributed by atoms with Crippen LogP contribution in [0.5, 0.6) is 5.75 Å². The molecule has 3 rings (SSSR count). The zero-order valence-corrected chi connectivity index (χ0v) is 24.8. The Morgan fingerprint density at radius 1 is 0.947 bits per heavy atom. The number of unbranched alkanes of at least 4 members (excludes halogenated alkanes) is 11. The van der Waals surface area contributed by atoms with Crippen molar-refractivity contribution in [2.24, 2.45) is 0 Å². The molecule has 0 saturated carbocycles. The first-order valence-corrected chi connectivity index (χ1v) is 15.8. The van der Waals surface area contributed by atoms with Crippen LogP contribution in [0.3, 0.4) is 0 Å². The van der Waals surface area contributed by atoms with Crippen LogP contribution in [0, 0.1) is 0 Å². The van der Waals surface area contributed by atoms with Crippen molar-refractivity contribution in [1.82, 2.24) is 4.90 Å². The number of nitrogens with one attached hydrogen (secondary N) is 1. The number of thioether (sulfide) groups is 1. The molecule has 4 nitrogen and oxygen atoms in total. The highest BCUT2D eigenvalue weighted by molar-refractivity contribution is 8.03. The van der Waals surface area contributed by atoms with Gasteiger partial charge in [0, 0.05) is 23.5 Å². The molecule has 0 saturated heterocycles. The van der Waals surface area contributed by atoms with Crippen LogP contribution in [0.2, 0.25) is 5.02 Å². The third-order valence-electron chi connectivity index (χ3n) is 6.84. The lowest BCUT2D eigenvalue weighted by molar-refractivity contribution is 0.102. The van der Waals surface area contributed by atoms with Gasteiger partial charge in [-0.05, 0) is 54.1 Å². The van der Waals surface area contributed by atoms with Gasteiger partial charge in [0.05, 0.1) is 18.0 Å². The summed E-state index contributed by atoms with van der Waals surface area (Å²) in [6, 6.07) is 13.3. The van der Waals surface area contributed by atoms with Crippen LogP contribution in [0.4, 0.5) is 5.69 Å². The van der Waals surface area contributed by atoms with E-state index < -0.39 is 0 Å². The first-order chi connectivity index (χ1) is 18.5. The molecule has 2 aromatic carbocycles. The molecule has 0 unspecified atom stereocenters. The predicted molar refractivity (Wildman–Crippen MR) is 164 cm³/mol. The lowest BCUT2D eigenvalue weighted by atomic mass is 10.1. The minimum Gasteiger partial charge on any atom is -0.493 e. The SMILES string of the molecule is CCCCCCCCCCCCCCOc1cc(Cl)ccc1C(=O)Nc1cccc(CN2C=C(C)SC2)c1. The molecule has 0 bridgehead atoms. The van der Waals surface area contributed by atoms with E-state index in [1.165, 1.54) is 69.1 Å². The van der Waals surface area contributed by atoms with Gasteiger partial charge in [0.25, 0.3) is 5.91 Å². The van der Waals surface area contributed by atoms with Crippen LogP contribution in [0.15, 0.2) is 53.6 Å². The molecule has 0 spiro atoms. The summed E-state index contributed by atoms with van der Waals surface area (Å²) in [6.45, 7) is 5.81. The van der Waals surface area contributed by atoms with Crippen molar-refractivity contribution in [3.63, 3.8) is 0 Å². The number of nitrogens with zero attached hydrogens (tertiary/aromatic N) is 1. The molecule has 1 amide bonds. The minimum absolute atomic E-state index is 0.184. The Balaban J connectivity index is 1.39. The van der Waals surface area contributed by atoms with Gasteiger partial charge in [-0.25, -0.2) is 0 Å². The average molecular weight is 557 g/mol. The van der Waals surface area contributed by atoms with Gasteiger partial charge >= 0.3 is 0 Å². The van der Waals surface area contributed by atoms with Crippen molar-refractivity contribution < 1.29 is 9.53 Å². The molecular weight excluding hydrogens is 512 g/mol. The van der Waals surface area contributed by atoms with Crippen molar-refractivity contribution in [3.8, 4) is 5.75 Å². The maximum atomic E-state index is 13.1. The summed E-state index contributed by atoms with van der Waals surface area (Å²) in [5, 5.41) is 3.61. The molecule has 1 heterocycles. The Bertz CT molecular complexity index is 1030. The van der Waals surface area contributed by atoms with E-state index in [4.69, 9.17) is 16.3 Å². The second-order valence-corrected chi connectivity index (χ2v) is 11.9. The van der Waals surface area contributed by atoms with Gasteiger partial charge < -0.3 is 15.0 Å². The number of carbonyl (C=O) groups is 1. The lowest BCUT2D eigenvalue weighted by Gasteiger charge is -2.16. The molecule has 0 radical (unpaired) electrons. The number of carbonyl (C=O) groups excluding carboxylic acids is 1. The predicted octanol–water partition coefficient (Wildman–Crippen LogP) is 10.0. The summed E-state index contributed by atoms with van der Waals surface area (Å²) in [5.41, 5.74) is 2.45. The lowest BCUT2D eigenvalue weighted by Crippen LogP contribution is -2.15. The Hall–Kier alpha value is -2.11. The highest BCUT2D eigenvalue weighted by atomic mass is 35.5. The molecule has 6 heteroatoms. The van der Waals surface area contributed by atoms with E-state index in [0.29, 0.717) is 22.9 Å². The zero-order valence-electron chi connectivity index (χ0n) is 23.3. The fourth-order valence-corrected chi connectivity index (χ4v) is 5.64. The number of amides is 1. The van der Waals surface area contributed by atoms with Crippen LogP contribution < -0.4 is 10.1 Å². The third-order valence-corrected chi connectivity index (χ3v) is 8.09. The van der Waals surface area contributed by atoms with Crippen molar-refractivity contribution in [3.05, 3.63) is 69.7 Å². The first kappa shape index (κ1) is 30.4. The molecule has 1 N–H and O–H groups in total. The first-order valence-electron chi connectivity index (χ1n) is 14.4. The highest BCUT2D eigenvalue weighted by Gasteiger charge is 2.15. The summed E-state index contributed by atoms with van der Waals surface area (Å²) < 4.78 is 6.03. The summed E-state index contributed by atoms with van der Waals surface area (Å²) >= 11 is 8.08. The van der Waals surface area contributed by atoms with Gasteiger partial charge in [-0.15, -0.1) is 11.8 Å². The van der Waals surface area contributed by atoms with Crippen LogP contribution in [0.25, 0.3) is 0 Å². The molecule has 0 atom stereocenters.